The fourth-order valence-corrected chi connectivity index (χ4v) is 4.65. The van der Waals surface area contributed by atoms with Gasteiger partial charge < -0.3 is 10.2 Å². The average Bonchev–Trinajstić information content (AvgIpc) is 2.96. The second-order valence-corrected chi connectivity index (χ2v) is 8.13. The molecule has 7 nitrogen and oxygen atoms in total. The van der Waals surface area contributed by atoms with Gasteiger partial charge in [0, 0.05) is 24.5 Å². The van der Waals surface area contributed by atoms with Crippen molar-refractivity contribution in [2.45, 2.75) is 19.4 Å². The molecule has 1 aromatic carbocycles. The SMILES string of the molecule is CCN(c1nccc(Nc2ccc(C#N)cc2)n1)C1CCS(=O)(=O)C1. The number of aromatic nitrogens is 2. The van der Waals surface area contributed by atoms with E-state index in [4.69, 9.17) is 5.26 Å². The lowest BCUT2D eigenvalue weighted by Crippen LogP contribution is -2.37. The highest BCUT2D eigenvalue weighted by molar-refractivity contribution is 7.91. The van der Waals surface area contributed by atoms with Crippen LogP contribution in [-0.4, -0.2) is 42.5 Å². The van der Waals surface area contributed by atoms with Crippen LogP contribution in [0.3, 0.4) is 0 Å². The lowest BCUT2D eigenvalue weighted by Gasteiger charge is -2.26. The zero-order valence-corrected chi connectivity index (χ0v) is 14.7. The Morgan fingerprint density at radius 3 is 2.68 bits per heavy atom. The molecule has 8 heteroatoms. The van der Waals surface area contributed by atoms with E-state index in [9.17, 15) is 8.42 Å². The van der Waals surface area contributed by atoms with Crippen molar-refractivity contribution in [3.8, 4) is 6.07 Å². The third-order valence-electron chi connectivity index (χ3n) is 4.18. The van der Waals surface area contributed by atoms with Gasteiger partial charge in [-0.2, -0.15) is 10.2 Å². The Hall–Kier alpha value is -2.66. The fourth-order valence-electron chi connectivity index (χ4n) is 2.92. The molecule has 1 aromatic heterocycles. The molecule has 25 heavy (non-hydrogen) atoms. The molecule has 2 heterocycles. The van der Waals surface area contributed by atoms with Crippen LogP contribution in [0.4, 0.5) is 17.5 Å². The Kier molecular flexibility index (Phi) is 4.86. The quantitative estimate of drug-likeness (QED) is 0.875. The fraction of sp³-hybridized carbons (Fsp3) is 0.353. The number of nitrogens with zero attached hydrogens (tertiary/aromatic N) is 4. The number of sulfone groups is 1. The minimum atomic E-state index is -2.96. The van der Waals surface area contributed by atoms with Crippen molar-refractivity contribution in [2.75, 3.05) is 28.3 Å². The highest BCUT2D eigenvalue weighted by atomic mass is 32.2. The highest BCUT2D eigenvalue weighted by Crippen LogP contribution is 2.23. The summed E-state index contributed by atoms with van der Waals surface area (Å²) in [6, 6.07) is 10.8. The standard InChI is InChI=1S/C17H19N5O2S/c1-2-22(15-8-10-25(23,24)12-15)17-19-9-7-16(21-17)20-14-5-3-13(11-18)4-6-14/h3-7,9,15H,2,8,10,12H2,1H3,(H,19,20,21). The number of benzene rings is 1. The molecule has 3 rings (SSSR count). The number of nitrogens with one attached hydrogen (secondary N) is 1. The van der Waals surface area contributed by atoms with Crippen LogP contribution in [-0.2, 0) is 9.84 Å². The Morgan fingerprint density at radius 1 is 1.32 bits per heavy atom. The van der Waals surface area contributed by atoms with Crippen LogP contribution in [0.2, 0.25) is 0 Å². The second kappa shape index (κ2) is 7.07. The van der Waals surface area contributed by atoms with Gasteiger partial charge in [0.25, 0.3) is 0 Å². The van der Waals surface area contributed by atoms with Crippen LogP contribution in [0.5, 0.6) is 0 Å². The maximum absolute atomic E-state index is 11.8. The largest absolute Gasteiger partial charge is 0.340 e. The zero-order chi connectivity index (χ0) is 17.9. The molecular formula is C17H19N5O2S. The van der Waals surface area contributed by atoms with E-state index >= 15 is 0 Å². The number of rotatable bonds is 5. The van der Waals surface area contributed by atoms with E-state index in [1.54, 1.807) is 24.4 Å². The van der Waals surface area contributed by atoms with Crippen molar-refractivity contribution in [3.63, 3.8) is 0 Å². The molecule has 1 saturated heterocycles. The van der Waals surface area contributed by atoms with Gasteiger partial charge in [0.2, 0.25) is 5.95 Å². The molecule has 0 aliphatic carbocycles. The van der Waals surface area contributed by atoms with Crippen molar-refractivity contribution in [1.82, 2.24) is 9.97 Å². The zero-order valence-electron chi connectivity index (χ0n) is 13.9. The number of hydrogen-bond acceptors (Lipinski definition) is 7. The Bertz CT molecular complexity index is 890. The second-order valence-electron chi connectivity index (χ2n) is 5.90. The van der Waals surface area contributed by atoms with E-state index in [0.29, 0.717) is 30.3 Å². The predicted octanol–water partition coefficient (Wildman–Crippen LogP) is 2.11. The molecule has 1 N–H and O–H groups in total. The molecule has 0 saturated carbocycles. The first-order valence-electron chi connectivity index (χ1n) is 8.08. The summed E-state index contributed by atoms with van der Waals surface area (Å²) in [4.78, 5) is 10.8. The topological polar surface area (TPSA) is 99.0 Å². The number of nitriles is 1. The van der Waals surface area contributed by atoms with Gasteiger partial charge in [-0.3, -0.25) is 0 Å². The monoisotopic (exact) mass is 357 g/mol. The molecule has 130 valence electrons. The summed E-state index contributed by atoms with van der Waals surface area (Å²) < 4.78 is 23.5. The van der Waals surface area contributed by atoms with Crippen LogP contribution < -0.4 is 10.2 Å². The summed E-state index contributed by atoms with van der Waals surface area (Å²) in [5.41, 5.74) is 1.41. The summed E-state index contributed by atoms with van der Waals surface area (Å²) in [6.07, 6.45) is 2.26. The summed E-state index contributed by atoms with van der Waals surface area (Å²) in [5.74, 6) is 1.51. The van der Waals surface area contributed by atoms with E-state index < -0.39 is 9.84 Å². The smallest absolute Gasteiger partial charge is 0.227 e. The Morgan fingerprint density at radius 2 is 2.08 bits per heavy atom. The van der Waals surface area contributed by atoms with Crippen LogP contribution >= 0.6 is 0 Å². The first kappa shape index (κ1) is 17.2. The van der Waals surface area contributed by atoms with E-state index in [2.05, 4.69) is 21.4 Å². The van der Waals surface area contributed by atoms with Gasteiger partial charge >= 0.3 is 0 Å². The molecule has 0 radical (unpaired) electrons. The van der Waals surface area contributed by atoms with E-state index in [-0.39, 0.29) is 17.5 Å². The third kappa shape index (κ3) is 4.06. The summed E-state index contributed by atoms with van der Waals surface area (Å²) in [5, 5.41) is 12.0. The Labute approximate surface area is 147 Å². The minimum absolute atomic E-state index is 0.0832. The number of anilines is 3. The molecule has 2 aromatic rings. The van der Waals surface area contributed by atoms with Crippen molar-refractivity contribution in [3.05, 3.63) is 42.1 Å². The molecule has 0 spiro atoms. The molecule has 0 bridgehead atoms. The van der Waals surface area contributed by atoms with Crippen LogP contribution in [0.1, 0.15) is 18.9 Å². The maximum atomic E-state index is 11.8. The molecular weight excluding hydrogens is 338 g/mol. The summed E-state index contributed by atoms with van der Waals surface area (Å²) >= 11 is 0. The summed E-state index contributed by atoms with van der Waals surface area (Å²) in [7, 11) is -2.96. The van der Waals surface area contributed by atoms with Crippen molar-refractivity contribution >= 4 is 27.3 Å². The molecule has 1 aliphatic rings. The van der Waals surface area contributed by atoms with Crippen molar-refractivity contribution in [2.24, 2.45) is 0 Å². The van der Waals surface area contributed by atoms with Gasteiger partial charge in [-0.15, -0.1) is 0 Å². The highest BCUT2D eigenvalue weighted by Gasteiger charge is 2.32. The van der Waals surface area contributed by atoms with Gasteiger partial charge in [0.15, 0.2) is 9.84 Å². The van der Waals surface area contributed by atoms with Crippen LogP contribution in [0.15, 0.2) is 36.5 Å². The lowest BCUT2D eigenvalue weighted by molar-refractivity contribution is 0.599. The van der Waals surface area contributed by atoms with E-state index in [1.807, 2.05) is 24.0 Å². The number of hydrogen-bond donors (Lipinski definition) is 1. The lowest BCUT2D eigenvalue weighted by atomic mass is 10.2. The first-order chi connectivity index (χ1) is 12.0. The predicted molar refractivity (Wildman–Crippen MR) is 96.6 cm³/mol. The molecule has 1 atom stereocenters. The van der Waals surface area contributed by atoms with Gasteiger partial charge in [-0.1, -0.05) is 0 Å². The average molecular weight is 357 g/mol. The third-order valence-corrected chi connectivity index (χ3v) is 5.93. The Balaban J connectivity index is 1.79. The first-order valence-corrected chi connectivity index (χ1v) is 9.90. The minimum Gasteiger partial charge on any atom is -0.340 e. The van der Waals surface area contributed by atoms with Gasteiger partial charge in [0.1, 0.15) is 5.82 Å². The molecule has 1 aliphatic heterocycles. The van der Waals surface area contributed by atoms with Gasteiger partial charge in [0.05, 0.1) is 23.1 Å². The van der Waals surface area contributed by atoms with Gasteiger partial charge in [-0.25, -0.2) is 13.4 Å². The van der Waals surface area contributed by atoms with Crippen molar-refractivity contribution in [1.29, 1.82) is 5.26 Å². The molecule has 1 fully saturated rings. The molecule has 1 unspecified atom stereocenters. The van der Waals surface area contributed by atoms with Gasteiger partial charge in [-0.05, 0) is 43.7 Å². The van der Waals surface area contributed by atoms with E-state index in [1.165, 1.54) is 0 Å². The molecule has 0 amide bonds. The summed E-state index contributed by atoms with van der Waals surface area (Å²) in [6.45, 7) is 2.61. The normalized spacial score (nSPS) is 18.5. The van der Waals surface area contributed by atoms with Crippen LogP contribution in [0.25, 0.3) is 0 Å². The maximum Gasteiger partial charge on any atom is 0.227 e. The van der Waals surface area contributed by atoms with Crippen molar-refractivity contribution < 1.29 is 8.42 Å². The van der Waals surface area contributed by atoms with E-state index in [0.717, 1.165) is 5.69 Å². The van der Waals surface area contributed by atoms with Crippen LogP contribution in [0, 0.1) is 11.3 Å².